The average Bonchev–Trinajstić information content (AvgIpc) is 0.918. The number of rotatable bonds is 0. The van der Waals surface area contributed by atoms with E-state index in [0.29, 0.717) is 0 Å². The van der Waals surface area contributed by atoms with Crippen LogP contribution in [0.5, 0.6) is 0 Å². The van der Waals surface area contributed by atoms with E-state index in [4.69, 9.17) is 17.9 Å². The first-order valence-electron chi connectivity index (χ1n) is 0.309. The molecule has 0 aliphatic carbocycles. The summed E-state index contributed by atoms with van der Waals surface area (Å²) in [6.45, 7) is 0. The van der Waals surface area contributed by atoms with Crippen molar-refractivity contribution < 1.29 is 22.4 Å². The van der Waals surface area contributed by atoms with E-state index in [2.05, 4.69) is 0 Å². The molecule has 0 bridgehead atoms. The Morgan fingerprint density at radius 1 is 1.25 bits per heavy atom. The molecule has 31 valence electrons. The third kappa shape index (κ3) is 8.93. The predicted octanol–water partition coefficient (Wildman–Crippen LogP) is 0.996. The van der Waals surface area contributed by atoms with E-state index in [1.165, 1.54) is 0 Å². The fourth-order valence-corrected chi connectivity index (χ4v) is 0. The summed E-state index contributed by atoms with van der Waals surface area (Å²) in [6.07, 6.45) is 0. The molecule has 0 unspecified atom stereocenters. The van der Waals surface area contributed by atoms with E-state index in [1.807, 2.05) is 0 Å². The summed E-state index contributed by atoms with van der Waals surface area (Å²) in [7, 11) is 9.79. The molecule has 4 heavy (non-hydrogen) atoms. The molecule has 0 aromatic heterocycles. The molecule has 0 aromatic rings. The summed E-state index contributed by atoms with van der Waals surface area (Å²) >= 11 is -0.586. The minimum Gasteiger partial charge on any atom is 0 e. The van der Waals surface area contributed by atoms with Gasteiger partial charge >= 0.3 is 36.6 Å². The molecule has 0 N–H and O–H groups in total. The average molecular weight is 395 g/mol. The van der Waals surface area contributed by atoms with Crippen molar-refractivity contribution in [1.82, 2.24) is 0 Å². The summed E-state index contributed by atoms with van der Waals surface area (Å²) in [6, 6.07) is 0. The molecule has 0 aliphatic heterocycles. The molecule has 0 nitrogen and oxygen atoms in total. The van der Waals surface area contributed by atoms with Crippen molar-refractivity contribution in [3.8, 4) is 0 Å². The normalized spacial score (nSPS) is 4.50. The van der Waals surface area contributed by atoms with Gasteiger partial charge in [0.05, 0.1) is 0 Å². The Bertz CT molecular complexity index is 6.00. The second kappa shape index (κ2) is 8.92. The second-order valence-electron chi connectivity index (χ2n) is 0.0583. The van der Waals surface area contributed by atoms with Crippen molar-refractivity contribution in [3.63, 3.8) is 0 Å². The van der Waals surface area contributed by atoms with E-state index in [1.54, 1.807) is 0 Å². The van der Waals surface area contributed by atoms with Crippen LogP contribution in [-0.4, -0.2) is 18.7 Å². The summed E-state index contributed by atoms with van der Waals surface area (Å²) in [5.41, 5.74) is 0. The third-order valence-electron chi connectivity index (χ3n) is 0. The van der Waals surface area contributed by atoms with Gasteiger partial charge in [0, 0.05) is 22.4 Å². The van der Waals surface area contributed by atoms with Gasteiger partial charge in [-0.25, -0.2) is 0 Å². The Morgan fingerprint density at radius 2 is 1.25 bits per heavy atom. The van der Waals surface area contributed by atoms with Crippen LogP contribution in [0.4, 0.5) is 0 Å². The van der Waals surface area contributed by atoms with Gasteiger partial charge in [-0.1, -0.05) is 0 Å². The van der Waals surface area contributed by atoms with E-state index in [9.17, 15) is 0 Å². The first kappa shape index (κ1) is 9.44. The standard InChI is InChI=1S/Au.Cl2Te/c;1-3-2. The largest absolute Gasteiger partial charge is 0 e. The second-order valence-corrected chi connectivity index (χ2v) is 3.52. The minimum absolute atomic E-state index is 0. The first-order chi connectivity index (χ1) is 1.41. The molecule has 0 atom stereocenters. The van der Waals surface area contributed by atoms with Gasteiger partial charge in [-0.15, -0.1) is 0 Å². The van der Waals surface area contributed by atoms with Crippen molar-refractivity contribution in [2.75, 3.05) is 0 Å². The van der Waals surface area contributed by atoms with Crippen LogP contribution in [0, 0.1) is 0 Å². The molecule has 1 radical (unpaired) electrons. The topological polar surface area (TPSA) is 0 Å². The van der Waals surface area contributed by atoms with Crippen molar-refractivity contribution in [1.29, 1.82) is 0 Å². The zero-order valence-electron chi connectivity index (χ0n) is 1.47. The van der Waals surface area contributed by atoms with Gasteiger partial charge in [0.15, 0.2) is 0 Å². The van der Waals surface area contributed by atoms with Gasteiger partial charge in [0.25, 0.3) is 0 Å². The van der Waals surface area contributed by atoms with E-state index < -0.39 is 18.7 Å². The molecule has 0 heterocycles. The minimum atomic E-state index is -0.586. The summed E-state index contributed by atoms with van der Waals surface area (Å²) in [5, 5.41) is 0. The Kier molecular flexibility index (Phi) is 21.1. The van der Waals surface area contributed by atoms with Crippen molar-refractivity contribution in [2.24, 2.45) is 0 Å². The van der Waals surface area contributed by atoms with Crippen LogP contribution in [0.25, 0.3) is 0 Å². The molecular formula is AuCl2Te. The molecule has 0 aliphatic rings. The van der Waals surface area contributed by atoms with Gasteiger partial charge in [0.1, 0.15) is 0 Å². The maximum atomic E-state index is 4.89. The molecule has 0 amide bonds. The fourth-order valence-electron chi connectivity index (χ4n) is 0. The molecule has 0 saturated carbocycles. The van der Waals surface area contributed by atoms with Crippen LogP contribution in [0.1, 0.15) is 0 Å². The molecular weight excluding hydrogens is 395 g/mol. The number of hydrogen-bond acceptors (Lipinski definition) is 0. The van der Waals surface area contributed by atoms with Gasteiger partial charge in [-0.2, -0.15) is 0 Å². The zero-order chi connectivity index (χ0) is 2.71. The quantitative estimate of drug-likeness (QED) is 0.537. The molecule has 0 spiro atoms. The van der Waals surface area contributed by atoms with Crippen molar-refractivity contribution >= 4 is 36.6 Å². The van der Waals surface area contributed by atoms with Gasteiger partial charge in [0.2, 0.25) is 0 Å². The molecule has 0 fully saturated rings. The van der Waals surface area contributed by atoms with Gasteiger partial charge in [-0.3, -0.25) is 0 Å². The monoisotopic (exact) mass is 397 g/mol. The predicted molar refractivity (Wildman–Crippen MR) is 17.5 cm³/mol. The van der Waals surface area contributed by atoms with Crippen LogP contribution < -0.4 is 0 Å². The fraction of sp³-hybridized carbons (Fsp3) is 0. The Balaban J connectivity index is 0. The van der Waals surface area contributed by atoms with Crippen molar-refractivity contribution in [3.05, 3.63) is 0 Å². The van der Waals surface area contributed by atoms with Crippen molar-refractivity contribution in [2.45, 2.75) is 0 Å². The summed E-state index contributed by atoms with van der Waals surface area (Å²) in [4.78, 5) is 0. The molecule has 0 aromatic carbocycles. The summed E-state index contributed by atoms with van der Waals surface area (Å²) < 4.78 is 0. The third-order valence-corrected chi connectivity index (χ3v) is 0. The van der Waals surface area contributed by atoms with E-state index in [0.717, 1.165) is 0 Å². The smallest absolute Gasteiger partial charge is 0 e. The van der Waals surface area contributed by atoms with Gasteiger partial charge in [-0.05, 0) is 0 Å². The number of halogens is 2. The van der Waals surface area contributed by atoms with Crippen LogP contribution in [-0.2, 0) is 22.4 Å². The van der Waals surface area contributed by atoms with E-state index >= 15 is 0 Å². The maximum Gasteiger partial charge on any atom is 0 e. The van der Waals surface area contributed by atoms with E-state index in [-0.39, 0.29) is 22.4 Å². The first-order valence-corrected chi connectivity index (χ1v) is 6.21. The Morgan fingerprint density at radius 3 is 1.25 bits per heavy atom. The molecule has 4 heteroatoms. The molecule has 0 rings (SSSR count). The van der Waals surface area contributed by atoms with Gasteiger partial charge < -0.3 is 0 Å². The Labute approximate surface area is 58.3 Å². The van der Waals surface area contributed by atoms with Crippen LogP contribution in [0.15, 0.2) is 0 Å². The molecule has 0 saturated heterocycles. The zero-order valence-corrected chi connectivity index (χ0v) is 7.47. The number of hydrogen-bond donors (Lipinski definition) is 0. The van der Waals surface area contributed by atoms with Crippen LogP contribution >= 0.6 is 17.9 Å². The SMILES string of the molecule is Cl[Te]Cl.[Au]. The summed E-state index contributed by atoms with van der Waals surface area (Å²) in [5.74, 6) is 0. The van der Waals surface area contributed by atoms with Crippen LogP contribution in [0.3, 0.4) is 0 Å². The van der Waals surface area contributed by atoms with Crippen LogP contribution in [0.2, 0.25) is 0 Å². The Hall–Kier alpha value is 2.11. The maximum absolute atomic E-state index is 4.89.